The minimum absolute atomic E-state index is 0.677. The van der Waals surface area contributed by atoms with Crippen LogP contribution in [0.2, 0.25) is 0 Å². The molecule has 2 aromatic heterocycles. The lowest BCUT2D eigenvalue weighted by molar-refractivity contribution is 0.415. The van der Waals surface area contributed by atoms with Crippen LogP contribution in [0.3, 0.4) is 0 Å². The highest BCUT2D eigenvalue weighted by atomic mass is 32.1. The number of benzene rings is 1. The normalized spacial score (nSPS) is 14.0. The van der Waals surface area contributed by atoms with Crippen LogP contribution in [0.5, 0.6) is 5.75 Å². The summed E-state index contributed by atoms with van der Waals surface area (Å²) in [4.78, 5) is 8.26. The molecule has 0 aliphatic carbocycles. The fourth-order valence-electron chi connectivity index (χ4n) is 3.53. The molecule has 4 rings (SSSR count). The Balaban J connectivity index is 1.88. The van der Waals surface area contributed by atoms with Gasteiger partial charge in [-0.25, -0.2) is 4.98 Å². The van der Waals surface area contributed by atoms with Gasteiger partial charge in [0.15, 0.2) is 0 Å². The van der Waals surface area contributed by atoms with Gasteiger partial charge in [-0.05, 0) is 61.0 Å². The van der Waals surface area contributed by atoms with Gasteiger partial charge < -0.3 is 9.64 Å². The fraction of sp³-hybridized carbons (Fsp3) is 0.273. The second kappa shape index (κ2) is 7.81. The lowest BCUT2D eigenvalue weighted by atomic mass is 10.0. The maximum atomic E-state index is 9.93. The molecule has 1 aliphatic rings. The van der Waals surface area contributed by atoms with Gasteiger partial charge in [-0.3, -0.25) is 0 Å². The van der Waals surface area contributed by atoms with Crippen LogP contribution in [0.4, 0.5) is 5.69 Å². The van der Waals surface area contributed by atoms with Crippen LogP contribution in [-0.2, 0) is 0 Å². The molecule has 5 heteroatoms. The number of aromatic nitrogens is 1. The average molecular weight is 375 g/mol. The highest BCUT2D eigenvalue weighted by Gasteiger charge is 2.21. The molecular formula is C22H21N3OS. The van der Waals surface area contributed by atoms with E-state index in [1.54, 1.807) is 18.4 Å². The molecule has 0 radical (unpaired) electrons. The van der Waals surface area contributed by atoms with Crippen LogP contribution in [0.25, 0.3) is 21.8 Å². The minimum atomic E-state index is 0.677. The largest absolute Gasteiger partial charge is 0.497 e. The topological polar surface area (TPSA) is 49.1 Å². The third-order valence-electron chi connectivity index (χ3n) is 4.95. The Labute approximate surface area is 163 Å². The summed E-state index contributed by atoms with van der Waals surface area (Å²) in [5.41, 5.74) is 4.37. The average Bonchev–Trinajstić information content (AvgIpc) is 3.28. The molecule has 0 bridgehead atoms. The Morgan fingerprint density at radius 1 is 1.11 bits per heavy atom. The maximum Gasteiger partial charge on any atom is 0.118 e. The van der Waals surface area contributed by atoms with Crippen LogP contribution in [-0.4, -0.2) is 25.2 Å². The van der Waals surface area contributed by atoms with Gasteiger partial charge in [0.2, 0.25) is 0 Å². The van der Waals surface area contributed by atoms with E-state index in [-0.39, 0.29) is 0 Å². The van der Waals surface area contributed by atoms with Crippen molar-refractivity contribution >= 4 is 17.0 Å². The Morgan fingerprint density at radius 3 is 2.52 bits per heavy atom. The Kier molecular flexibility index (Phi) is 5.08. The van der Waals surface area contributed by atoms with Gasteiger partial charge in [0, 0.05) is 18.7 Å². The van der Waals surface area contributed by atoms with E-state index in [4.69, 9.17) is 9.72 Å². The lowest BCUT2D eigenvalue weighted by Gasteiger charge is -2.30. The summed E-state index contributed by atoms with van der Waals surface area (Å²) in [5.74, 6) is 0.821. The molecule has 1 aromatic carbocycles. The SMILES string of the molecule is COc1ccc(-c2cc(N3CCCCC3)c(C#N)c(-c3cccs3)n2)cc1. The third-order valence-corrected chi connectivity index (χ3v) is 5.82. The van der Waals surface area contributed by atoms with E-state index in [0.717, 1.165) is 46.4 Å². The van der Waals surface area contributed by atoms with Crippen molar-refractivity contribution in [3.63, 3.8) is 0 Å². The number of hydrogen-bond acceptors (Lipinski definition) is 5. The molecule has 1 aliphatic heterocycles. The molecule has 0 N–H and O–H groups in total. The molecule has 27 heavy (non-hydrogen) atoms. The molecule has 3 aromatic rings. The van der Waals surface area contributed by atoms with E-state index in [2.05, 4.69) is 17.0 Å². The second-order valence-corrected chi connectivity index (χ2v) is 7.56. The van der Waals surface area contributed by atoms with Gasteiger partial charge in [-0.1, -0.05) is 6.07 Å². The smallest absolute Gasteiger partial charge is 0.118 e. The van der Waals surface area contributed by atoms with Crippen LogP contribution in [0.1, 0.15) is 24.8 Å². The third kappa shape index (κ3) is 3.54. The highest BCUT2D eigenvalue weighted by molar-refractivity contribution is 7.13. The van der Waals surface area contributed by atoms with Crippen molar-refractivity contribution in [1.82, 2.24) is 4.98 Å². The number of rotatable bonds is 4. The lowest BCUT2D eigenvalue weighted by Crippen LogP contribution is -2.30. The number of piperidine rings is 1. The number of nitrogens with zero attached hydrogens (tertiary/aromatic N) is 3. The molecule has 4 nitrogen and oxygen atoms in total. The summed E-state index contributed by atoms with van der Waals surface area (Å²) in [7, 11) is 1.67. The van der Waals surface area contributed by atoms with Crippen molar-refractivity contribution < 1.29 is 4.74 Å². The minimum Gasteiger partial charge on any atom is -0.497 e. The van der Waals surface area contributed by atoms with E-state index in [1.807, 2.05) is 41.8 Å². The molecular weight excluding hydrogens is 354 g/mol. The standard InChI is InChI=1S/C22H21N3OS/c1-26-17-9-7-16(8-10-17)19-14-20(25-11-3-2-4-12-25)18(15-23)22(24-19)21-6-5-13-27-21/h5-10,13-14H,2-4,11-12H2,1H3. The number of thiophene rings is 1. The summed E-state index contributed by atoms with van der Waals surface area (Å²) in [6.07, 6.45) is 3.59. The van der Waals surface area contributed by atoms with E-state index >= 15 is 0 Å². The molecule has 3 heterocycles. The number of methoxy groups -OCH3 is 1. The zero-order chi connectivity index (χ0) is 18.6. The monoisotopic (exact) mass is 375 g/mol. The van der Waals surface area contributed by atoms with Gasteiger partial charge >= 0.3 is 0 Å². The van der Waals surface area contributed by atoms with Crippen molar-refractivity contribution in [3.8, 4) is 33.6 Å². The van der Waals surface area contributed by atoms with Crippen LogP contribution in [0.15, 0.2) is 47.8 Å². The van der Waals surface area contributed by atoms with E-state index in [1.165, 1.54) is 19.3 Å². The summed E-state index contributed by atoms with van der Waals surface area (Å²) in [6, 6.07) is 16.5. The molecule has 0 unspecified atom stereocenters. The second-order valence-electron chi connectivity index (χ2n) is 6.62. The first kappa shape index (κ1) is 17.6. The van der Waals surface area contributed by atoms with Crippen molar-refractivity contribution in [2.24, 2.45) is 0 Å². The van der Waals surface area contributed by atoms with Crippen molar-refractivity contribution in [1.29, 1.82) is 5.26 Å². The van der Waals surface area contributed by atoms with Crippen molar-refractivity contribution in [3.05, 3.63) is 53.4 Å². The van der Waals surface area contributed by atoms with Crippen LogP contribution >= 0.6 is 11.3 Å². The Morgan fingerprint density at radius 2 is 1.89 bits per heavy atom. The molecule has 136 valence electrons. The van der Waals surface area contributed by atoms with Gasteiger partial charge in [0.05, 0.1) is 23.4 Å². The van der Waals surface area contributed by atoms with Crippen molar-refractivity contribution in [2.75, 3.05) is 25.1 Å². The zero-order valence-electron chi connectivity index (χ0n) is 15.3. The molecule has 0 atom stereocenters. The molecule has 1 saturated heterocycles. The summed E-state index contributed by atoms with van der Waals surface area (Å²) in [5, 5.41) is 12.0. The number of hydrogen-bond donors (Lipinski definition) is 0. The van der Waals surface area contributed by atoms with Crippen molar-refractivity contribution in [2.45, 2.75) is 19.3 Å². The van der Waals surface area contributed by atoms with Gasteiger partial charge in [0.25, 0.3) is 0 Å². The predicted molar refractivity (Wildman–Crippen MR) is 110 cm³/mol. The zero-order valence-corrected chi connectivity index (χ0v) is 16.1. The molecule has 0 spiro atoms. The van der Waals surface area contributed by atoms with E-state index in [0.29, 0.717) is 5.56 Å². The first-order chi connectivity index (χ1) is 13.3. The summed E-state index contributed by atoms with van der Waals surface area (Å²) in [6.45, 7) is 1.98. The van der Waals surface area contributed by atoms with Crippen LogP contribution in [0, 0.1) is 11.3 Å². The molecule has 0 saturated carbocycles. The number of nitriles is 1. The Bertz CT molecular complexity index is 952. The maximum absolute atomic E-state index is 9.93. The first-order valence-corrected chi connectivity index (χ1v) is 10.1. The molecule has 1 fully saturated rings. The summed E-state index contributed by atoms with van der Waals surface area (Å²) < 4.78 is 5.27. The van der Waals surface area contributed by atoms with E-state index < -0.39 is 0 Å². The number of anilines is 1. The van der Waals surface area contributed by atoms with E-state index in [9.17, 15) is 5.26 Å². The Hall–Kier alpha value is -2.84. The van der Waals surface area contributed by atoms with Crippen LogP contribution < -0.4 is 9.64 Å². The molecule has 0 amide bonds. The fourth-order valence-corrected chi connectivity index (χ4v) is 4.25. The summed E-state index contributed by atoms with van der Waals surface area (Å²) >= 11 is 1.62. The number of ether oxygens (including phenoxy) is 1. The first-order valence-electron chi connectivity index (χ1n) is 9.18. The quantitative estimate of drug-likeness (QED) is 0.617. The predicted octanol–water partition coefficient (Wildman–Crippen LogP) is 5.35. The van der Waals surface area contributed by atoms with Gasteiger partial charge in [-0.2, -0.15) is 5.26 Å². The van der Waals surface area contributed by atoms with Gasteiger partial charge in [0.1, 0.15) is 23.1 Å². The van der Waals surface area contributed by atoms with Gasteiger partial charge in [-0.15, -0.1) is 11.3 Å². The highest BCUT2D eigenvalue weighted by Crippen LogP contribution is 2.36. The number of pyridine rings is 1.